The van der Waals surface area contributed by atoms with Crippen molar-refractivity contribution in [3.8, 4) is 5.75 Å². The number of carbonyl (C=O) groups is 1. The first-order valence-electron chi connectivity index (χ1n) is 9.98. The molecule has 0 saturated carbocycles. The summed E-state index contributed by atoms with van der Waals surface area (Å²) in [6.45, 7) is 5.01. The van der Waals surface area contributed by atoms with E-state index in [2.05, 4.69) is 15.9 Å². The third kappa shape index (κ3) is 6.17. The van der Waals surface area contributed by atoms with Crippen LogP contribution in [0.4, 0.5) is 4.39 Å². The Labute approximate surface area is 196 Å². The van der Waals surface area contributed by atoms with Gasteiger partial charge in [-0.3, -0.25) is 4.79 Å². The van der Waals surface area contributed by atoms with Crippen LogP contribution >= 0.6 is 15.9 Å². The van der Waals surface area contributed by atoms with Crippen molar-refractivity contribution >= 4 is 32.0 Å². The van der Waals surface area contributed by atoms with Crippen LogP contribution in [0.5, 0.6) is 5.75 Å². The number of amides is 1. The Kier molecular flexibility index (Phi) is 7.69. The van der Waals surface area contributed by atoms with E-state index in [1.54, 1.807) is 23.1 Å². The lowest BCUT2D eigenvalue weighted by atomic mass is 10.1. The highest BCUT2D eigenvalue weighted by molar-refractivity contribution is 9.10. The Morgan fingerprint density at radius 2 is 1.62 bits per heavy atom. The third-order valence-electron chi connectivity index (χ3n) is 4.58. The van der Waals surface area contributed by atoms with Crippen LogP contribution in [0.15, 0.2) is 82.2 Å². The van der Waals surface area contributed by atoms with Gasteiger partial charge in [-0.2, -0.15) is 8.42 Å². The highest BCUT2D eigenvalue weighted by Gasteiger charge is 2.20. The lowest BCUT2D eigenvalue weighted by molar-refractivity contribution is 0.0721. The maximum Gasteiger partial charge on any atom is 0.339 e. The van der Waals surface area contributed by atoms with Crippen LogP contribution in [0.1, 0.15) is 29.8 Å². The fourth-order valence-electron chi connectivity index (χ4n) is 3.11. The van der Waals surface area contributed by atoms with E-state index in [4.69, 9.17) is 4.18 Å². The second-order valence-corrected chi connectivity index (χ2v) is 10.1. The van der Waals surface area contributed by atoms with Gasteiger partial charge in [0.1, 0.15) is 16.5 Å². The lowest BCUT2D eigenvalue weighted by Gasteiger charge is -2.25. The molecule has 5 nitrogen and oxygen atoms in total. The molecule has 32 heavy (non-hydrogen) atoms. The van der Waals surface area contributed by atoms with E-state index in [9.17, 15) is 17.6 Å². The molecule has 3 rings (SSSR count). The normalized spacial score (nSPS) is 11.4. The number of hydrogen-bond donors (Lipinski definition) is 0. The van der Waals surface area contributed by atoms with Gasteiger partial charge in [0, 0.05) is 17.6 Å². The minimum absolute atomic E-state index is 0.0922. The second kappa shape index (κ2) is 10.3. The average molecular weight is 520 g/mol. The molecule has 0 N–H and O–H groups in total. The Morgan fingerprint density at radius 1 is 1.00 bits per heavy atom. The van der Waals surface area contributed by atoms with Crippen molar-refractivity contribution < 1.29 is 21.8 Å². The van der Waals surface area contributed by atoms with E-state index in [1.165, 1.54) is 12.1 Å². The summed E-state index contributed by atoms with van der Waals surface area (Å²) in [6, 6.07) is 18.2. The minimum Gasteiger partial charge on any atom is -0.379 e. The molecule has 0 bridgehead atoms. The van der Waals surface area contributed by atoms with Crippen LogP contribution in [0.25, 0.3) is 0 Å². The summed E-state index contributed by atoms with van der Waals surface area (Å²) >= 11 is 3.44. The molecule has 3 aromatic rings. The van der Waals surface area contributed by atoms with E-state index in [0.29, 0.717) is 18.7 Å². The van der Waals surface area contributed by atoms with Crippen LogP contribution in [0, 0.1) is 11.7 Å². The summed E-state index contributed by atoms with van der Waals surface area (Å²) in [7, 11) is -4.07. The first-order chi connectivity index (χ1) is 15.2. The molecule has 1 amide bonds. The molecule has 0 aliphatic heterocycles. The van der Waals surface area contributed by atoms with Gasteiger partial charge in [-0.1, -0.05) is 38.1 Å². The summed E-state index contributed by atoms with van der Waals surface area (Å²) < 4.78 is 43.7. The van der Waals surface area contributed by atoms with Gasteiger partial charge in [0.2, 0.25) is 0 Å². The van der Waals surface area contributed by atoms with E-state index in [0.717, 1.165) is 34.3 Å². The fourth-order valence-corrected chi connectivity index (χ4v) is 4.50. The first kappa shape index (κ1) is 23.9. The van der Waals surface area contributed by atoms with Crippen molar-refractivity contribution in [1.29, 1.82) is 0 Å². The van der Waals surface area contributed by atoms with Crippen molar-refractivity contribution in [2.24, 2.45) is 5.92 Å². The molecule has 0 spiro atoms. The average Bonchev–Trinajstić information content (AvgIpc) is 2.74. The van der Waals surface area contributed by atoms with E-state index < -0.39 is 15.9 Å². The molecule has 0 aromatic heterocycles. The number of benzene rings is 3. The molecule has 0 radical (unpaired) electrons. The molecule has 8 heteroatoms. The molecule has 0 heterocycles. The van der Waals surface area contributed by atoms with Crippen molar-refractivity contribution in [3.05, 3.63) is 94.2 Å². The molecular formula is C24H23BrFNO4S. The van der Waals surface area contributed by atoms with Gasteiger partial charge in [0.15, 0.2) is 0 Å². The molecule has 0 fully saturated rings. The van der Waals surface area contributed by atoms with Gasteiger partial charge in [0.25, 0.3) is 5.91 Å². The number of halogens is 2. The fraction of sp³-hybridized carbons (Fsp3) is 0.208. The summed E-state index contributed by atoms with van der Waals surface area (Å²) in [5.74, 6) is -0.225. The summed E-state index contributed by atoms with van der Waals surface area (Å²) in [5.41, 5.74) is 1.41. The Hall–Kier alpha value is -2.71. The van der Waals surface area contributed by atoms with E-state index in [-0.39, 0.29) is 22.5 Å². The van der Waals surface area contributed by atoms with Gasteiger partial charge >= 0.3 is 10.1 Å². The van der Waals surface area contributed by atoms with Crippen LogP contribution < -0.4 is 4.18 Å². The second-order valence-electron chi connectivity index (χ2n) is 7.69. The molecule has 168 valence electrons. The maximum absolute atomic E-state index is 13.1. The molecule has 0 unspecified atom stereocenters. The third-order valence-corrected chi connectivity index (χ3v) is 6.53. The van der Waals surface area contributed by atoms with Gasteiger partial charge in [-0.25, -0.2) is 4.39 Å². The summed E-state index contributed by atoms with van der Waals surface area (Å²) in [5, 5.41) is 0. The Morgan fingerprint density at radius 3 is 2.22 bits per heavy atom. The Balaban J connectivity index is 1.75. The highest BCUT2D eigenvalue weighted by Crippen LogP contribution is 2.22. The van der Waals surface area contributed by atoms with Gasteiger partial charge in [0.05, 0.1) is 5.56 Å². The Bertz CT molecular complexity index is 1180. The smallest absolute Gasteiger partial charge is 0.339 e. The van der Waals surface area contributed by atoms with E-state index >= 15 is 0 Å². The van der Waals surface area contributed by atoms with Gasteiger partial charge < -0.3 is 9.08 Å². The maximum atomic E-state index is 13.1. The minimum atomic E-state index is -4.07. The van der Waals surface area contributed by atoms with Crippen LogP contribution in [0.3, 0.4) is 0 Å². The summed E-state index contributed by atoms with van der Waals surface area (Å²) in [4.78, 5) is 14.7. The molecule has 0 atom stereocenters. The predicted octanol–water partition coefficient (Wildman–Crippen LogP) is 5.65. The number of nitrogens with zero attached hydrogens (tertiary/aromatic N) is 1. The molecular weight excluding hydrogens is 497 g/mol. The molecule has 0 aliphatic rings. The van der Waals surface area contributed by atoms with Crippen molar-refractivity contribution in [3.63, 3.8) is 0 Å². The standard InChI is InChI=1S/C24H23BrFNO4S/c1-17(2)15-27(24(28)22-5-3-4-6-23(22)25)16-18-7-11-20(12-8-18)31-32(29,30)21-13-9-19(26)10-14-21/h3-14,17H,15-16H2,1-2H3. The van der Waals surface area contributed by atoms with Crippen LogP contribution in [-0.4, -0.2) is 25.8 Å². The monoisotopic (exact) mass is 519 g/mol. The quantitative estimate of drug-likeness (QED) is 0.360. The van der Waals surface area contributed by atoms with Crippen molar-refractivity contribution in [1.82, 2.24) is 4.90 Å². The topological polar surface area (TPSA) is 63.7 Å². The molecule has 0 saturated heterocycles. The first-order valence-corrected chi connectivity index (χ1v) is 12.2. The zero-order valence-corrected chi connectivity index (χ0v) is 20.1. The van der Waals surface area contributed by atoms with Crippen LogP contribution in [-0.2, 0) is 16.7 Å². The van der Waals surface area contributed by atoms with Gasteiger partial charge in [-0.05, 0) is 75.9 Å². The predicted molar refractivity (Wildman–Crippen MR) is 124 cm³/mol. The molecule has 0 aliphatic carbocycles. The van der Waals surface area contributed by atoms with Crippen molar-refractivity contribution in [2.45, 2.75) is 25.3 Å². The summed E-state index contributed by atoms with van der Waals surface area (Å²) in [6.07, 6.45) is 0. The van der Waals surface area contributed by atoms with Crippen molar-refractivity contribution in [2.75, 3.05) is 6.54 Å². The number of rotatable bonds is 8. The van der Waals surface area contributed by atoms with Gasteiger partial charge in [-0.15, -0.1) is 0 Å². The molecule has 3 aromatic carbocycles. The lowest BCUT2D eigenvalue weighted by Crippen LogP contribution is -2.34. The number of carbonyl (C=O) groups excluding carboxylic acids is 1. The highest BCUT2D eigenvalue weighted by atomic mass is 79.9. The number of hydrogen-bond acceptors (Lipinski definition) is 4. The van der Waals surface area contributed by atoms with E-state index in [1.807, 2.05) is 32.0 Å². The van der Waals surface area contributed by atoms with Crippen LogP contribution in [0.2, 0.25) is 0 Å². The zero-order valence-electron chi connectivity index (χ0n) is 17.7. The largest absolute Gasteiger partial charge is 0.379 e. The zero-order chi connectivity index (χ0) is 23.3. The SMILES string of the molecule is CC(C)CN(Cc1ccc(OS(=O)(=O)c2ccc(F)cc2)cc1)C(=O)c1ccccc1Br.